The zero-order valence-electron chi connectivity index (χ0n) is 11.5. The molecule has 0 saturated carbocycles. The summed E-state index contributed by atoms with van der Waals surface area (Å²) in [6.45, 7) is -1.19. The number of anilines is 3. The molecule has 0 spiro atoms. The highest BCUT2D eigenvalue weighted by molar-refractivity contribution is 5.74. The van der Waals surface area contributed by atoms with Gasteiger partial charge in [0, 0.05) is 25.4 Å². The lowest BCUT2D eigenvalue weighted by atomic mass is 10.2. The first-order valence-corrected chi connectivity index (χ1v) is 6.24. The number of halogens is 3. The van der Waals surface area contributed by atoms with Crippen molar-refractivity contribution in [2.45, 2.75) is 20.0 Å². The Morgan fingerprint density at radius 1 is 1.38 bits per heavy atom. The van der Waals surface area contributed by atoms with Crippen LogP contribution >= 0.6 is 0 Å². The smallest absolute Gasteiger partial charge is 0.387 e. The summed E-state index contributed by atoms with van der Waals surface area (Å²) in [6, 6.07) is 2.03. The third-order valence-corrected chi connectivity index (χ3v) is 2.83. The number of benzene rings is 1. The molecule has 0 aliphatic carbocycles. The fourth-order valence-electron chi connectivity index (χ4n) is 1.91. The Hall–Kier alpha value is -2.38. The molecular weight excluding hydrogens is 285 g/mol. The van der Waals surface area contributed by atoms with Crippen LogP contribution in [0.25, 0.3) is 0 Å². The van der Waals surface area contributed by atoms with Gasteiger partial charge in [0.05, 0.1) is 22.8 Å². The summed E-state index contributed by atoms with van der Waals surface area (Å²) in [4.78, 5) is 0. The van der Waals surface area contributed by atoms with Gasteiger partial charge in [-0.3, -0.25) is 4.68 Å². The molecule has 0 atom stereocenters. The van der Waals surface area contributed by atoms with Crippen molar-refractivity contribution in [3.63, 3.8) is 0 Å². The second-order valence-corrected chi connectivity index (χ2v) is 4.39. The third-order valence-electron chi connectivity index (χ3n) is 2.83. The van der Waals surface area contributed by atoms with Gasteiger partial charge < -0.3 is 15.8 Å². The van der Waals surface area contributed by atoms with Crippen molar-refractivity contribution in [2.24, 2.45) is 7.05 Å². The van der Waals surface area contributed by atoms with Crippen molar-refractivity contribution < 1.29 is 17.9 Å². The van der Waals surface area contributed by atoms with E-state index >= 15 is 0 Å². The summed E-state index contributed by atoms with van der Waals surface area (Å²) in [5.41, 5.74) is 7.49. The molecule has 0 aliphatic rings. The Labute approximate surface area is 119 Å². The molecule has 21 heavy (non-hydrogen) atoms. The minimum Gasteiger partial charge on any atom is -0.432 e. The summed E-state index contributed by atoms with van der Waals surface area (Å²) in [6.07, 6.45) is 2.39. The van der Waals surface area contributed by atoms with Gasteiger partial charge in [-0.25, -0.2) is 4.39 Å². The Morgan fingerprint density at radius 3 is 2.71 bits per heavy atom. The lowest BCUT2D eigenvalue weighted by Gasteiger charge is -2.12. The first-order valence-electron chi connectivity index (χ1n) is 6.24. The van der Waals surface area contributed by atoms with Gasteiger partial charge in [-0.2, -0.15) is 13.9 Å². The highest BCUT2D eigenvalue weighted by Gasteiger charge is 2.15. The number of nitrogens with zero attached hydrogens (tertiary/aromatic N) is 2. The summed E-state index contributed by atoms with van der Waals surface area (Å²) < 4.78 is 43.7. The third kappa shape index (κ3) is 3.39. The molecule has 0 amide bonds. The number of hydrogen-bond acceptors (Lipinski definition) is 4. The lowest BCUT2D eigenvalue weighted by Crippen LogP contribution is -2.06. The molecule has 0 bridgehead atoms. The number of ether oxygens (including phenoxy) is 1. The summed E-state index contributed by atoms with van der Waals surface area (Å²) in [5, 5.41) is 7.18. The van der Waals surface area contributed by atoms with Crippen LogP contribution in [0.5, 0.6) is 5.75 Å². The van der Waals surface area contributed by atoms with Crippen LogP contribution < -0.4 is 15.8 Å². The van der Waals surface area contributed by atoms with E-state index in [0.29, 0.717) is 12.1 Å². The first kappa shape index (κ1) is 15.0. The Kier molecular flexibility index (Phi) is 4.25. The van der Waals surface area contributed by atoms with E-state index in [1.165, 1.54) is 0 Å². The van der Waals surface area contributed by atoms with Crippen molar-refractivity contribution in [1.29, 1.82) is 0 Å². The maximum Gasteiger partial charge on any atom is 0.387 e. The SMILES string of the molecule is CCc1nn(C)cc1Nc1cc(OC(F)F)c(F)cc1N. The Morgan fingerprint density at radius 2 is 2.10 bits per heavy atom. The highest BCUT2D eigenvalue weighted by atomic mass is 19.3. The minimum absolute atomic E-state index is 0.0834. The van der Waals surface area contributed by atoms with Crippen LogP contribution in [0.2, 0.25) is 0 Å². The van der Waals surface area contributed by atoms with Gasteiger partial charge >= 0.3 is 6.61 Å². The van der Waals surface area contributed by atoms with Crippen molar-refractivity contribution in [2.75, 3.05) is 11.1 Å². The maximum absolute atomic E-state index is 13.5. The van der Waals surface area contributed by atoms with E-state index in [4.69, 9.17) is 5.73 Å². The predicted octanol–water partition coefficient (Wildman–Crippen LogP) is 3.05. The van der Waals surface area contributed by atoms with Gasteiger partial charge in [0.2, 0.25) is 0 Å². The van der Waals surface area contributed by atoms with Gasteiger partial charge in [-0.05, 0) is 6.42 Å². The molecule has 0 fully saturated rings. The fourth-order valence-corrected chi connectivity index (χ4v) is 1.91. The van der Waals surface area contributed by atoms with E-state index in [9.17, 15) is 13.2 Å². The van der Waals surface area contributed by atoms with Gasteiger partial charge in [-0.15, -0.1) is 0 Å². The lowest BCUT2D eigenvalue weighted by molar-refractivity contribution is -0.0521. The van der Waals surface area contributed by atoms with Gasteiger partial charge in [0.1, 0.15) is 0 Å². The van der Waals surface area contributed by atoms with Crippen LogP contribution in [0.3, 0.4) is 0 Å². The van der Waals surface area contributed by atoms with E-state index in [-0.39, 0.29) is 11.4 Å². The monoisotopic (exact) mass is 300 g/mol. The first-order chi connectivity index (χ1) is 9.90. The molecule has 0 unspecified atom stereocenters. The van der Waals surface area contributed by atoms with Crippen LogP contribution in [0.4, 0.5) is 30.2 Å². The van der Waals surface area contributed by atoms with Crippen molar-refractivity contribution >= 4 is 17.1 Å². The summed E-state index contributed by atoms with van der Waals surface area (Å²) in [7, 11) is 1.75. The zero-order chi connectivity index (χ0) is 15.6. The zero-order valence-corrected chi connectivity index (χ0v) is 11.5. The van der Waals surface area contributed by atoms with Crippen LogP contribution in [-0.2, 0) is 13.5 Å². The number of nitrogen functional groups attached to an aromatic ring is 1. The van der Waals surface area contributed by atoms with E-state index in [0.717, 1.165) is 17.8 Å². The van der Waals surface area contributed by atoms with Gasteiger partial charge in [0.25, 0.3) is 0 Å². The molecule has 114 valence electrons. The number of alkyl halides is 2. The molecule has 3 N–H and O–H groups in total. The quantitative estimate of drug-likeness (QED) is 0.833. The topological polar surface area (TPSA) is 65.1 Å². The number of aryl methyl sites for hydroxylation is 2. The Balaban J connectivity index is 2.34. The molecule has 2 rings (SSSR count). The molecule has 5 nitrogen and oxygen atoms in total. The second-order valence-electron chi connectivity index (χ2n) is 4.39. The molecule has 0 saturated heterocycles. The number of nitrogens with one attached hydrogen (secondary N) is 1. The number of aromatic nitrogens is 2. The number of rotatable bonds is 5. The molecule has 1 heterocycles. The Bertz CT molecular complexity index is 643. The predicted molar refractivity (Wildman–Crippen MR) is 73.3 cm³/mol. The van der Waals surface area contributed by atoms with Crippen molar-refractivity contribution in [3.05, 3.63) is 29.8 Å². The molecule has 2 aromatic rings. The fraction of sp³-hybridized carbons (Fsp3) is 0.308. The van der Waals surface area contributed by atoms with E-state index in [2.05, 4.69) is 15.2 Å². The largest absolute Gasteiger partial charge is 0.432 e. The maximum atomic E-state index is 13.5. The van der Waals surface area contributed by atoms with Crippen LogP contribution in [0.15, 0.2) is 18.3 Å². The van der Waals surface area contributed by atoms with Crippen LogP contribution in [-0.4, -0.2) is 16.4 Å². The van der Waals surface area contributed by atoms with Crippen molar-refractivity contribution in [3.8, 4) is 5.75 Å². The van der Waals surface area contributed by atoms with Crippen LogP contribution in [0, 0.1) is 5.82 Å². The van der Waals surface area contributed by atoms with Crippen molar-refractivity contribution in [1.82, 2.24) is 9.78 Å². The van der Waals surface area contributed by atoms with E-state index in [1.54, 1.807) is 17.9 Å². The van der Waals surface area contributed by atoms with Crippen LogP contribution in [0.1, 0.15) is 12.6 Å². The number of nitrogens with two attached hydrogens (primary N) is 1. The molecule has 1 aromatic heterocycles. The molecule has 1 aromatic carbocycles. The molecule has 0 aliphatic heterocycles. The minimum atomic E-state index is -3.11. The normalized spacial score (nSPS) is 11.0. The van der Waals surface area contributed by atoms with E-state index in [1.807, 2.05) is 6.92 Å². The van der Waals surface area contributed by atoms with Gasteiger partial charge in [0.15, 0.2) is 11.6 Å². The van der Waals surface area contributed by atoms with Gasteiger partial charge in [-0.1, -0.05) is 6.92 Å². The van der Waals surface area contributed by atoms with E-state index < -0.39 is 18.2 Å². The molecular formula is C13H15F3N4O. The summed E-state index contributed by atoms with van der Waals surface area (Å²) >= 11 is 0. The molecule has 0 radical (unpaired) electrons. The average molecular weight is 300 g/mol. The number of hydrogen-bond donors (Lipinski definition) is 2. The highest BCUT2D eigenvalue weighted by Crippen LogP contribution is 2.32. The molecule has 8 heteroatoms. The summed E-state index contributed by atoms with van der Waals surface area (Å²) in [5.74, 6) is -1.51. The average Bonchev–Trinajstić information content (AvgIpc) is 2.75. The second kappa shape index (κ2) is 5.94. The standard InChI is InChI=1S/C13H15F3N4O/c1-3-9-11(6-20(2)19-9)18-10-5-12(21-13(15)16)7(14)4-8(10)17/h4-6,13,18H,3,17H2,1-2H3.